The second-order valence-corrected chi connectivity index (χ2v) is 5.18. The Bertz CT molecular complexity index is 750. The fourth-order valence-corrected chi connectivity index (χ4v) is 2.17. The second kappa shape index (κ2) is 7.63. The molecule has 0 saturated carbocycles. The minimum atomic E-state index is -1.36. The summed E-state index contributed by atoms with van der Waals surface area (Å²) in [4.78, 5) is 23.2. The molecule has 0 heterocycles. The van der Waals surface area contributed by atoms with Crippen LogP contribution in [0.15, 0.2) is 42.5 Å². The van der Waals surface area contributed by atoms with Gasteiger partial charge in [-0.3, -0.25) is 4.79 Å². The van der Waals surface area contributed by atoms with Gasteiger partial charge in [-0.05, 0) is 11.6 Å². The topological polar surface area (TPSA) is 66.4 Å². The van der Waals surface area contributed by atoms with Crippen molar-refractivity contribution in [1.82, 2.24) is 5.32 Å². The molecule has 0 saturated heterocycles. The van der Waals surface area contributed by atoms with Crippen molar-refractivity contribution in [3.8, 4) is 0 Å². The molecule has 0 aliphatic carbocycles. The van der Waals surface area contributed by atoms with Gasteiger partial charge >= 0.3 is 5.97 Å². The smallest absolute Gasteiger partial charge is 0.326 e. The van der Waals surface area contributed by atoms with Crippen molar-refractivity contribution < 1.29 is 27.9 Å². The van der Waals surface area contributed by atoms with Crippen LogP contribution >= 0.6 is 0 Å². The number of benzene rings is 2. The number of carboxylic acids is 1. The third kappa shape index (κ3) is 4.58. The largest absolute Gasteiger partial charge is 0.480 e. The van der Waals surface area contributed by atoms with Crippen LogP contribution in [0.2, 0.25) is 0 Å². The fourth-order valence-electron chi connectivity index (χ4n) is 2.17. The van der Waals surface area contributed by atoms with E-state index in [0.29, 0.717) is 17.7 Å². The number of nitrogens with one attached hydrogen (secondary N) is 1. The van der Waals surface area contributed by atoms with E-state index in [1.165, 1.54) is 0 Å². The van der Waals surface area contributed by atoms with Crippen LogP contribution in [0, 0.1) is 17.5 Å². The number of aliphatic carboxylic acids is 1. The minimum absolute atomic E-state index is 0.0438. The maximum Gasteiger partial charge on any atom is 0.326 e. The van der Waals surface area contributed by atoms with Crippen LogP contribution in [0.4, 0.5) is 13.2 Å². The van der Waals surface area contributed by atoms with E-state index < -0.39 is 41.8 Å². The van der Waals surface area contributed by atoms with Gasteiger partial charge in [0.1, 0.15) is 11.9 Å². The van der Waals surface area contributed by atoms with Gasteiger partial charge in [0.05, 0.1) is 6.42 Å². The van der Waals surface area contributed by atoms with Crippen LogP contribution in [0.25, 0.3) is 0 Å². The molecule has 7 heteroatoms. The van der Waals surface area contributed by atoms with Crippen molar-refractivity contribution >= 4 is 11.9 Å². The van der Waals surface area contributed by atoms with Crippen LogP contribution in [0.1, 0.15) is 11.1 Å². The fraction of sp³-hybridized carbons (Fsp3) is 0.176. The molecule has 24 heavy (non-hydrogen) atoms. The lowest BCUT2D eigenvalue weighted by Crippen LogP contribution is -2.43. The van der Waals surface area contributed by atoms with Crippen molar-refractivity contribution in [2.75, 3.05) is 0 Å². The van der Waals surface area contributed by atoms with Gasteiger partial charge in [0, 0.05) is 18.1 Å². The molecule has 0 radical (unpaired) electrons. The van der Waals surface area contributed by atoms with Crippen molar-refractivity contribution in [2.45, 2.75) is 18.9 Å². The normalized spacial score (nSPS) is 11.8. The zero-order chi connectivity index (χ0) is 17.7. The van der Waals surface area contributed by atoms with E-state index in [1.54, 1.807) is 30.3 Å². The first-order valence-corrected chi connectivity index (χ1v) is 7.06. The lowest BCUT2D eigenvalue weighted by Gasteiger charge is -2.15. The lowest BCUT2D eigenvalue weighted by molar-refractivity contribution is -0.141. The van der Waals surface area contributed by atoms with E-state index in [1.807, 2.05) is 0 Å². The van der Waals surface area contributed by atoms with Gasteiger partial charge in [-0.2, -0.15) is 0 Å². The van der Waals surface area contributed by atoms with E-state index in [-0.39, 0.29) is 12.0 Å². The zero-order valence-electron chi connectivity index (χ0n) is 12.4. The SMILES string of the molecule is O=C(Cc1cc(F)c(F)cc1F)N[C@H](Cc1ccccc1)C(=O)O. The molecule has 2 N–H and O–H groups in total. The number of hydrogen-bond donors (Lipinski definition) is 2. The van der Waals surface area contributed by atoms with Crippen LogP contribution < -0.4 is 5.32 Å². The standard InChI is InChI=1S/C17H14F3NO3/c18-12-9-14(20)13(19)7-11(12)8-16(22)21-15(17(23)24)6-10-4-2-1-3-5-10/h1-5,7,9,15H,6,8H2,(H,21,22)(H,23,24)/t15-/m1/s1. The van der Waals surface area contributed by atoms with Crippen molar-refractivity contribution in [1.29, 1.82) is 0 Å². The third-order valence-corrected chi connectivity index (χ3v) is 3.36. The van der Waals surface area contributed by atoms with Gasteiger partial charge in [-0.15, -0.1) is 0 Å². The molecule has 4 nitrogen and oxygen atoms in total. The van der Waals surface area contributed by atoms with Gasteiger partial charge in [0.15, 0.2) is 11.6 Å². The summed E-state index contributed by atoms with van der Waals surface area (Å²) in [5.41, 5.74) is 0.347. The summed E-state index contributed by atoms with van der Waals surface area (Å²) in [6, 6.07) is 8.35. The average Bonchev–Trinajstić information content (AvgIpc) is 2.53. The molecule has 126 valence electrons. The average molecular weight is 337 g/mol. The molecule has 0 unspecified atom stereocenters. The lowest BCUT2D eigenvalue weighted by atomic mass is 10.1. The van der Waals surface area contributed by atoms with E-state index in [0.717, 1.165) is 0 Å². The molecule has 0 spiro atoms. The van der Waals surface area contributed by atoms with E-state index >= 15 is 0 Å². The Morgan fingerprint density at radius 1 is 1.00 bits per heavy atom. The Kier molecular flexibility index (Phi) is 5.57. The first-order chi connectivity index (χ1) is 11.4. The maximum atomic E-state index is 13.5. The van der Waals surface area contributed by atoms with Crippen LogP contribution in [0.3, 0.4) is 0 Å². The Labute approximate surface area is 135 Å². The molecule has 0 aromatic heterocycles. The van der Waals surface area contributed by atoms with E-state index in [2.05, 4.69) is 5.32 Å². The molecule has 2 rings (SSSR count). The summed E-state index contributed by atoms with van der Waals surface area (Å²) in [5.74, 6) is -5.76. The minimum Gasteiger partial charge on any atom is -0.480 e. The Hall–Kier alpha value is -2.83. The monoisotopic (exact) mass is 337 g/mol. The summed E-state index contributed by atoms with van der Waals surface area (Å²) in [7, 11) is 0. The summed E-state index contributed by atoms with van der Waals surface area (Å²) in [6.07, 6.45) is -0.552. The number of halogens is 3. The first-order valence-electron chi connectivity index (χ1n) is 7.06. The number of carbonyl (C=O) groups excluding carboxylic acids is 1. The molecule has 2 aromatic rings. The van der Waals surface area contributed by atoms with Crippen molar-refractivity contribution in [2.24, 2.45) is 0 Å². The highest BCUT2D eigenvalue weighted by molar-refractivity contribution is 5.85. The number of hydrogen-bond acceptors (Lipinski definition) is 2. The summed E-state index contributed by atoms with van der Waals surface area (Å²) in [6.45, 7) is 0. The second-order valence-electron chi connectivity index (χ2n) is 5.18. The van der Waals surface area contributed by atoms with Crippen LogP contribution in [-0.4, -0.2) is 23.0 Å². The Balaban J connectivity index is 2.06. The summed E-state index contributed by atoms with van der Waals surface area (Å²) >= 11 is 0. The summed E-state index contributed by atoms with van der Waals surface area (Å²) < 4.78 is 39.5. The molecule has 2 aromatic carbocycles. The molecule has 0 fully saturated rings. The van der Waals surface area contributed by atoms with Gasteiger partial charge < -0.3 is 10.4 Å². The van der Waals surface area contributed by atoms with Gasteiger partial charge in [0.25, 0.3) is 0 Å². The maximum absolute atomic E-state index is 13.5. The molecule has 0 aliphatic heterocycles. The Morgan fingerprint density at radius 2 is 1.62 bits per heavy atom. The molecule has 0 bridgehead atoms. The molecular formula is C17H14F3NO3. The van der Waals surface area contributed by atoms with Gasteiger partial charge in [0.2, 0.25) is 5.91 Å². The molecular weight excluding hydrogens is 323 g/mol. The summed E-state index contributed by atoms with van der Waals surface area (Å²) in [5, 5.41) is 11.4. The number of carboxylic acid groups (broad SMARTS) is 1. The van der Waals surface area contributed by atoms with E-state index in [4.69, 9.17) is 0 Å². The van der Waals surface area contributed by atoms with Crippen LogP contribution in [-0.2, 0) is 22.4 Å². The first kappa shape index (κ1) is 17.5. The zero-order valence-corrected chi connectivity index (χ0v) is 12.4. The van der Waals surface area contributed by atoms with Crippen molar-refractivity contribution in [3.63, 3.8) is 0 Å². The highest BCUT2D eigenvalue weighted by atomic mass is 19.2. The van der Waals surface area contributed by atoms with Crippen molar-refractivity contribution in [3.05, 3.63) is 71.0 Å². The predicted octanol–water partition coefficient (Wildman–Crippen LogP) is 2.46. The molecule has 1 atom stereocenters. The molecule has 0 aliphatic rings. The highest BCUT2D eigenvalue weighted by Crippen LogP contribution is 2.14. The number of carbonyl (C=O) groups is 2. The number of rotatable bonds is 6. The van der Waals surface area contributed by atoms with E-state index in [9.17, 15) is 27.9 Å². The predicted molar refractivity (Wildman–Crippen MR) is 79.7 cm³/mol. The third-order valence-electron chi connectivity index (χ3n) is 3.36. The van der Waals surface area contributed by atoms with Gasteiger partial charge in [-0.1, -0.05) is 30.3 Å². The Morgan fingerprint density at radius 3 is 2.25 bits per heavy atom. The highest BCUT2D eigenvalue weighted by Gasteiger charge is 2.21. The quantitative estimate of drug-likeness (QED) is 0.796. The number of amides is 1. The van der Waals surface area contributed by atoms with Gasteiger partial charge in [-0.25, -0.2) is 18.0 Å². The van der Waals surface area contributed by atoms with Crippen LogP contribution in [0.5, 0.6) is 0 Å². The molecule has 1 amide bonds.